The normalized spacial score (nSPS) is 20.6. The molecule has 170 valence electrons. The number of aromatic nitrogens is 2. The van der Waals surface area contributed by atoms with Crippen LogP contribution in [0.1, 0.15) is 47.9 Å². The SMILES string of the molecule is Cc1cccc(-c2noc([C@H]3CCCN3C(=O)[C@@H]3CC(=O)N(c4ccc(C)c(C)c4)C3)n2)c1. The molecule has 2 aromatic carbocycles. The molecule has 0 unspecified atom stereocenters. The van der Waals surface area contributed by atoms with E-state index in [1.165, 1.54) is 5.56 Å². The molecule has 5 rings (SSSR count). The van der Waals surface area contributed by atoms with Gasteiger partial charge in [0.25, 0.3) is 0 Å². The summed E-state index contributed by atoms with van der Waals surface area (Å²) < 4.78 is 5.59. The van der Waals surface area contributed by atoms with Gasteiger partial charge in [0.2, 0.25) is 23.5 Å². The minimum absolute atomic E-state index is 0.00695. The highest BCUT2D eigenvalue weighted by molar-refractivity contribution is 6.00. The molecule has 0 N–H and O–H groups in total. The Kier molecular flexibility index (Phi) is 5.48. The molecule has 2 aliphatic heterocycles. The minimum atomic E-state index is -0.362. The summed E-state index contributed by atoms with van der Waals surface area (Å²) in [7, 11) is 0. The number of aryl methyl sites for hydroxylation is 3. The van der Waals surface area contributed by atoms with Crippen molar-refractivity contribution in [3.63, 3.8) is 0 Å². The number of rotatable bonds is 4. The van der Waals surface area contributed by atoms with Crippen molar-refractivity contribution in [2.45, 2.75) is 46.1 Å². The Balaban J connectivity index is 1.32. The van der Waals surface area contributed by atoms with Crippen LogP contribution in [-0.2, 0) is 9.59 Å². The lowest BCUT2D eigenvalue weighted by atomic mass is 10.1. The maximum Gasteiger partial charge on any atom is 0.249 e. The minimum Gasteiger partial charge on any atom is -0.337 e. The number of benzene rings is 2. The molecule has 2 saturated heterocycles. The predicted octanol–water partition coefficient (Wildman–Crippen LogP) is 4.38. The van der Waals surface area contributed by atoms with Crippen molar-refractivity contribution in [2.75, 3.05) is 18.0 Å². The summed E-state index contributed by atoms with van der Waals surface area (Å²) in [6.07, 6.45) is 1.89. The maximum atomic E-state index is 13.5. The highest BCUT2D eigenvalue weighted by Gasteiger charge is 2.42. The van der Waals surface area contributed by atoms with Crippen molar-refractivity contribution < 1.29 is 14.1 Å². The van der Waals surface area contributed by atoms with E-state index >= 15 is 0 Å². The monoisotopic (exact) mass is 444 g/mol. The van der Waals surface area contributed by atoms with Gasteiger partial charge in [-0.3, -0.25) is 9.59 Å². The number of nitrogens with zero attached hydrogens (tertiary/aromatic N) is 4. The van der Waals surface area contributed by atoms with Crippen LogP contribution < -0.4 is 4.90 Å². The van der Waals surface area contributed by atoms with Gasteiger partial charge < -0.3 is 14.3 Å². The summed E-state index contributed by atoms with van der Waals surface area (Å²) in [5, 5.41) is 4.16. The van der Waals surface area contributed by atoms with E-state index in [9.17, 15) is 9.59 Å². The Morgan fingerprint density at radius 3 is 2.73 bits per heavy atom. The van der Waals surface area contributed by atoms with Gasteiger partial charge in [-0.05, 0) is 62.9 Å². The molecule has 3 aromatic rings. The van der Waals surface area contributed by atoms with Gasteiger partial charge in [0.1, 0.15) is 6.04 Å². The van der Waals surface area contributed by atoms with E-state index in [1.807, 2.05) is 68.1 Å². The Hall–Kier alpha value is -3.48. The first kappa shape index (κ1) is 21.4. The van der Waals surface area contributed by atoms with Crippen LogP contribution >= 0.6 is 0 Å². The zero-order valence-electron chi connectivity index (χ0n) is 19.2. The van der Waals surface area contributed by atoms with E-state index in [-0.39, 0.29) is 30.2 Å². The van der Waals surface area contributed by atoms with E-state index in [0.29, 0.717) is 24.8 Å². The van der Waals surface area contributed by atoms with Crippen molar-refractivity contribution in [1.29, 1.82) is 0 Å². The molecule has 2 atom stereocenters. The molecule has 0 spiro atoms. The predicted molar refractivity (Wildman–Crippen MR) is 125 cm³/mol. The first-order chi connectivity index (χ1) is 15.9. The number of anilines is 1. The van der Waals surface area contributed by atoms with Gasteiger partial charge in [-0.2, -0.15) is 4.98 Å². The molecule has 33 heavy (non-hydrogen) atoms. The van der Waals surface area contributed by atoms with Gasteiger partial charge in [0, 0.05) is 30.8 Å². The van der Waals surface area contributed by atoms with Gasteiger partial charge in [-0.15, -0.1) is 0 Å². The van der Waals surface area contributed by atoms with Gasteiger partial charge >= 0.3 is 0 Å². The Morgan fingerprint density at radius 2 is 1.94 bits per heavy atom. The van der Waals surface area contributed by atoms with Crippen LogP contribution in [0.15, 0.2) is 47.0 Å². The first-order valence-corrected chi connectivity index (χ1v) is 11.5. The molecule has 1 aromatic heterocycles. The van der Waals surface area contributed by atoms with Crippen LogP contribution in [0, 0.1) is 26.7 Å². The third-order valence-electron chi connectivity index (χ3n) is 6.82. The fraction of sp³-hybridized carbons (Fsp3) is 0.385. The van der Waals surface area contributed by atoms with Crippen molar-refractivity contribution in [3.8, 4) is 11.4 Å². The van der Waals surface area contributed by atoms with Crippen molar-refractivity contribution in [1.82, 2.24) is 15.0 Å². The molecule has 3 heterocycles. The van der Waals surface area contributed by atoms with E-state index < -0.39 is 0 Å². The Morgan fingerprint density at radius 1 is 1.09 bits per heavy atom. The highest BCUT2D eigenvalue weighted by atomic mass is 16.5. The summed E-state index contributed by atoms with van der Waals surface area (Å²) in [4.78, 5) is 34.4. The molecule has 0 radical (unpaired) electrons. The summed E-state index contributed by atoms with van der Waals surface area (Å²) in [5.41, 5.74) is 5.19. The van der Waals surface area contributed by atoms with Crippen LogP contribution in [0.3, 0.4) is 0 Å². The quantitative estimate of drug-likeness (QED) is 0.597. The lowest BCUT2D eigenvalue weighted by Gasteiger charge is -2.25. The summed E-state index contributed by atoms with van der Waals surface area (Å²) in [6, 6.07) is 13.7. The topological polar surface area (TPSA) is 79.5 Å². The van der Waals surface area contributed by atoms with Gasteiger partial charge in [0.05, 0.1) is 5.92 Å². The summed E-state index contributed by atoms with van der Waals surface area (Å²) in [6.45, 7) is 7.15. The Bertz CT molecular complexity index is 1220. The van der Waals surface area contributed by atoms with Gasteiger partial charge in [0.15, 0.2) is 0 Å². The fourth-order valence-electron chi connectivity index (χ4n) is 4.81. The summed E-state index contributed by atoms with van der Waals surface area (Å²) >= 11 is 0. The van der Waals surface area contributed by atoms with E-state index in [1.54, 1.807) is 4.90 Å². The van der Waals surface area contributed by atoms with Crippen molar-refractivity contribution in [2.24, 2.45) is 5.92 Å². The molecule has 2 aliphatic rings. The van der Waals surface area contributed by atoms with Gasteiger partial charge in [-0.1, -0.05) is 35.0 Å². The molecular weight excluding hydrogens is 416 g/mol. The van der Waals surface area contributed by atoms with E-state index in [2.05, 4.69) is 10.1 Å². The smallest absolute Gasteiger partial charge is 0.249 e. The molecule has 7 heteroatoms. The van der Waals surface area contributed by atoms with Crippen LogP contribution in [-0.4, -0.2) is 39.9 Å². The fourth-order valence-corrected chi connectivity index (χ4v) is 4.81. The zero-order valence-corrected chi connectivity index (χ0v) is 19.2. The number of carbonyl (C=O) groups is 2. The lowest BCUT2D eigenvalue weighted by molar-refractivity contribution is -0.137. The average Bonchev–Trinajstić information content (AvgIpc) is 3.54. The lowest BCUT2D eigenvalue weighted by Crippen LogP contribution is -2.37. The number of hydrogen-bond acceptors (Lipinski definition) is 5. The number of amides is 2. The van der Waals surface area contributed by atoms with Crippen LogP contribution in [0.25, 0.3) is 11.4 Å². The molecule has 0 bridgehead atoms. The second-order valence-corrected chi connectivity index (χ2v) is 9.19. The van der Waals surface area contributed by atoms with Crippen molar-refractivity contribution >= 4 is 17.5 Å². The van der Waals surface area contributed by atoms with Crippen LogP contribution in [0.4, 0.5) is 5.69 Å². The largest absolute Gasteiger partial charge is 0.337 e. The van der Waals surface area contributed by atoms with E-state index in [4.69, 9.17) is 4.52 Å². The van der Waals surface area contributed by atoms with Gasteiger partial charge in [-0.25, -0.2) is 0 Å². The number of carbonyl (C=O) groups excluding carboxylic acids is 2. The summed E-state index contributed by atoms with van der Waals surface area (Å²) in [5.74, 6) is 0.621. The second-order valence-electron chi connectivity index (χ2n) is 9.19. The third-order valence-corrected chi connectivity index (χ3v) is 6.82. The third kappa shape index (κ3) is 4.03. The Labute approximate surface area is 193 Å². The standard InChI is InChI=1S/C26H28N4O3/c1-16-6-4-7-19(12-16)24-27-25(33-28-24)22-8-5-11-29(22)26(32)20-14-23(31)30(15-20)21-10-9-17(2)18(3)13-21/h4,6-7,9-10,12-13,20,22H,5,8,11,14-15H2,1-3H3/t20-,22-/m1/s1. The zero-order chi connectivity index (χ0) is 23.1. The number of hydrogen-bond donors (Lipinski definition) is 0. The molecule has 2 amide bonds. The molecule has 0 saturated carbocycles. The molecule has 7 nitrogen and oxygen atoms in total. The van der Waals surface area contributed by atoms with E-state index in [0.717, 1.165) is 35.2 Å². The molecule has 2 fully saturated rings. The average molecular weight is 445 g/mol. The maximum absolute atomic E-state index is 13.5. The molecular formula is C26H28N4O3. The first-order valence-electron chi connectivity index (χ1n) is 11.5. The second kappa shape index (κ2) is 8.46. The van der Waals surface area contributed by atoms with Crippen molar-refractivity contribution in [3.05, 3.63) is 65.0 Å². The molecule has 0 aliphatic carbocycles. The number of likely N-dealkylation sites (tertiary alicyclic amines) is 1. The van der Waals surface area contributed by atoms with Crippen LogP contribution in [0.5, 0.6) is 0 Å². The highest BCUT2D eigenvalue weighted by Crippen LogP contribution is 2.35. The van der Waals surface area contributed by atoms with Crippen LogP contribution in [0.2, 0.25) is 0 Å².